The molecule has 3 N–H and O–H groups in total. The lowest BCUT2D eigenvalue weighted by atomic mass is 10.1. The molecule has 0 fully saturated rings. The van der Waals surface area contributed by atoms with Crippen molar-refractivity contribution in [3.05, 3.63) is 59.7 Å². The Kier molecular flexibility index (Phi) is 10.9. The van der Waals surface area contributed by atoms with Crippen molar-refractivity contribution in [1.29, 1.82) is 0 Å². The summed E-state index contributed by atoms with van der Waals surface area (Å²) in [7, 11) is 0. The zero-order valence-corrected chi connectivity index (χ0v) is 21.2. The van der Waals surface area contributed by atoms with E-state index in [9.17, 15) is 4.79 Å². The molecule has 5 nitrogen and oxygen atoms in total. The molecule has 32 heavy (non-hydrogen) atoms. The molecular weight excluding hydrogens is 489 g/mol. The molecule has 0 aliphatic heterocycles. The highest BCUT2D eigenvalue weighted by atomic mass is 35.6. The van der Waals surface area contributed by atoms with E-state index in [0.29, 0.717) is 12.2 Å². The van der Waals surface area contributed by atoms with Crippen molar-refractivity contribution >= 4 is 63.7 Å². The first-order valence-corrected chi connectivity index (χ1v) is 12.0. The number of hydrogen-bond acceptors (Lipinski definition) is 3. The molecular formula is C23H28Cl3N3O2S. The third kappa shape index (κ3) is 9.41. The van der Waals surface area contributed by atoms with Crippen LogP contribution in [0.25, 0.3) is 0 Å². The van der Waals surface area contributed by atoms with E-state index < -0.39 is 15.9 Å². The lowest BCUT2D eigenvalue weighted by Gasteiger charge is -2.27. The highest BCUT2D eigenvalue weighted by Gasteiger charge is 2.34. The summed E-state index contributed by atoms with van der Waals surface area (Å²) in [6, 6.07) is 14.4. The maximum atomic E-state index is 12.5. The molecule has 0 heterocycles. The summed E-state index contributed by atoms with van der Waals surface area (Å²) in [5, 5.41) is 8.72. The van der Waals surface area contributed by atoms with Gasteiger partial charge in [-0.25, -0.2) is 0 Å². The molecule has 2 rings (SSSR count). The largest absolute Gasteiger partial charge is 0.494 e. The SMILES string of the molecule is CCCCCCOc1ccc(NC(=S)NC(NC(=O)c2ccc(C)cc2)C(Cl)(Cl)Cl)cc1. The standard InChI is InChI=1S/C23H28Cl3N3O2S/c1-3-4-5-6-15-31-19-13-11-18(12-14-19)27-22(32)29-21(23(24,25)26)28-20(30)17-9-7-16(2)8-10-17/h7-14,21H,3-6,15H2,1-2H3,(H,28,30)(H2,27,29,32). The summed E-state index contributed by atoms with van der Waals surface area (Å²) in [6.07, 6.45) is 3.57. The van der Waals surface area contributed by atoms with Gasteiger partial charge in [0.25, 0.3) is 5.91 Å². The molecule has 9 heteroatoms. The Morgan fingerprint density at radius 3 is 2.25 bits per heavy atom. The van der Waals surface area contributed by atoms with Crippen LogP contribution in [0.4, 0.5) is 5.69 Å². The topological polar surface area (TPSA) is 62.4 Å². The van der Waals surface area contributed by atoms with Crippen LogP contribution in [-0.4, -0.2) is 27.6 Å². The van der Waals surface area contributed by atoms with Crippen molar-refractivity contribution in [3.8, 4) is 5.75 Å². The maximum absolute atomic E-state index is 12.5. The monoisotopic (exact) mass is 515 g/mol. The summed E-state index contributed by atoms with van der Waals surface area (Å²) in [4.78, 5) is 12.5. The van der Waals surface area contributed by atoms with Gasteiger partial charge >= 0.3 is 0 Å². The molecule has 0 aliphatic carbocycles. The fourth-order valence-corrected chi connectivity index (χ4v) is 3.33. The van der Waals surface area contributed by atoms with E-state index in [1.165, 1.54) is 19.3 Å². The summed E-state index contributed by atoms with van der Waals surface area (Å²) >= 11 is 23.5. The fourth-order valence-electron chi connectivity index (χ4n) is 2.77. The molecule has 0 saturated heterocycles. The van der Waals surface area contributed by atoms with Crippen LogP contribution >= 0.6 is 47.0 Å². The van der Waals surface area contributed by atoms with Crippen LogP contribution < -0.4 is 20.7 Å². The Morgan fingerprint density at radius 2 is 1.66 bits per heavy atom. The van der Waals surface area contributed by atoms with Crippen LogP contribution in [-0.2, 0) is 0 Å². The second-order valence-electron chi connectivity index (χ2n) is 7.35. The van der Waals surface area contributed by atoms with Gasteiger partial charge in [0.15, 0.2) is 5.11 Å². The molecule has 1 unspecified atom stereocenters. The van der Waals surface area contributed by atoms with Gasteiger partial charge in [-0.1, -0.05) is 78.7 Å². The van der Waals surface area contributed by atoms with Crippen LogP contribution in [0.1, 0.15) is 48.5 Å². The van der Waals surface area contributed by atoms with E-state index in [-0.39, 0.29) is 5.11 Å². The Balaban J connectivity index is 1.90. The Bertz CT molecular complexity index is 872. The molecule has 0 aromatic heterocycles. The van der Waals surface area contributed by atoms with E-state index in [4.69, 9.17) is 51.8 Å². The zero-order valence-electron chi connectivity index (χ0n) is 18.1. The van der Waals surface area contributed by atoms with Crippen LogP contribution in [0.2, 0.25) is 0 Å². The minimum atomic E-state index is -1.83. The third-order valence-electron chi connectivity index (χ3n) is 4.57. The number of anilines is 1. The summed E-state index contributed by atoms with van der Waals surface area (Å²) in [5.41, 5.74) is 2.21. The summed E-state index contributed by atoms with van der Waals surface area (Å²) in [5.74, 6) is 0.396. The number of hydrogen-bond donors (Lipinski definition) is 3. The number of rotatable bonds is 10. The van der Waals surface area contributed by atoms with Gasteiger partial charge in [0.2, 0.25) is 3.79 Å². The van der Waals surface area contributed by atoms with E-state index >= 15 is 0 Å². The molecule has 0 saturated carbocycles. The highest BCUT2D eigenvalue weighted by Crippen LogP contribution is 2.29. The van der Waals surface area contributed by atoms with E-state index in [2.05, 4.69) is 22.9 Å². The van der Waals surface area contributed by atoms with Crippen molar-refractivity contribution in [2.75, 3.05) is 11.9 Å². The quantitative estimate of drug-likeness (QED) is 0.148. The number of amides is 1. The normalized spacial score (nSPS) is 12.0. The molecule has 174 valence electrons. The van der Waals surface area contributed by atoms with Gasteiger partial charge in [-0.15, -0.1) is 0 Å². The van der Waals surface area contributed by atoms with Crippen molar-refractivity contribution in [2.24, 2.45) is 0 Å². The van der Waals surface area contributed by atoms with Crippen LogP contribution in [0, 0.1) is 6.92 Å². The molecule has 0 spiro atoms. The molecule has 2 aromatic rings. The lowest BCUT2D eigenvalue weighted by molar-refractivity contribution is 0.0934. The molecule has 1 amide bonds. The number of nitrogens with one attached hydrogen (secondary N) is 3. The van der Waals surface area contributed by atoms with E-state index in [1.54, 1.807) is 12.1 Å². The van der Waals surface area contributed by atoms with Gasteiger partial charge in [-0.05, 0) is 62.0 Å². The molecule has 1 atom stereocenters. The number of alkyl halides is 3. The van der Waals surface area contributed by atoms with Crippen LogP contribution in [0.5, 0.6) is 5.75 Å². The second kappa shape index (κ2) is 13.1. The third-order valence-corrected chi connectivity index (χ3v) is 5.45. The zero-order chi connectivity index (χ0) is 23.6. The number of aryl methyl sites for hydroxylation is 1. The van der Waals surface area contributed by atoms with Crippen molar-refractivity contribution in [3.63, 3.8) is 0 Å². The van der Waals surface area contributed by atoms with Gasteiger partial charge in [-0.2, -0.15) is 0 Å². The Labute approximate surface area is 210 Å². The number of unbranched alkanes of at least 4 members (excludes halogenated alkanes) is 3. The van der Waals surface area contributed by atoms with Gasteiger partial charge in [0, 0.05) is 11.3 Å². The van der Waals surface area contributed by atoms with Crippen LogP contribution in [0.3, 0.4) is 0 Å². The number of benzene rings is 2. The Morgan fingerprint density at radius 1 is 1.00 bits per heavy atom. The number of carbonyl (C=O) groups excluding carboxylic acids is 1. The lowest BCUT2D eigenvalue weighted by Crippen LogP contribution is -2.56. The van der Waals surface area contributed by atoms with Crippen molar-refractivity contribution < 1.29 is 9.53 Å². The molecule has 0 aliphatic rings. The average Bonchev–Trinajstić information content (AvgIpc) is 2.74. The van der Waals surface area contributed by atoms with Gasteiger partial charge in [0.1, 0.15) is 11.9 Å². The predicted molar refractivity (Wildman–Crippen MR) is 138 cm³/mol. The predicted octanol–water partition coefficient (Wildman–Crippen LogP) is 6.37. The number of thiocarbonyl (C=S) groups is 1. The van der Waals surface area contributed by atoms with E-state index in [0.717, 1.165) is 23.4 Å². The molecule has 0 radical (unpaired) electrons. The fraction of sp³-hybridized carbons (Fsp3) is 0.391. The minimum absolute atomic E-state index is 0.193. The van der Waals surface area contributed by atoms with E-state index in [1.807, 2.05) is 43.3 Å². The summed E-state index contributed by atoms with van der Waals surface area (Å²) in [6.45, 7) is 4.81. The minimum Gasteiger partial charge on any atom is -0.494 e. The average molecular weight is 517 g/mol. The molecule has 2 aromatic carbocycles. The van der Waals surface area contributed by atoms with Gasteiger partial charge in [-0.3, -0.25) is 4.79 Å². The van der Waals surface area contributed by atoms with Gasteiger partial charge < -0.3 is 20.7 Å². The first kappa shape index (κ1) is 26.5. The number of halogens is 3. The van der Waals surface area contributed by atoms with Crippen LogP contribution in [0.15, 0.2) is 48.5 Å². The number of ether oxygens (including phenoxy) is 1. The number of carbonyl (C=O) groups is 1. The van der Waals surface area contributed by atoms with Crippen molar-refractivity contribution in [2.45, 2.75) is 49.5 Å². The van der Waals surface area contributed by atoms with Gasteiger partial charge in [0.05, 0.1) is 6.61 Å². The smallest absolute Gasteiger partial charge is 0.252 e. The summed E-state index contributed by atoms with van der Waals surface area (Å²) < 4.78 is 3.91. The molecule has 0 bridgehead atoms. The first-order valence-electron chi connectivity index (χ1n) is 10.4. The second-order valence-corrected chi connectivity index (χ2v) is 10.1. The highest BCUT2D eigenvalue weighted by molar-refractivity contribution is 7.80. The Hall–Kier alpha value is -1.73. The van der Waals surface area contributed by atoms with Crippen molar-refractivity contribution in [1.82, 2.24) is 10.6 Å². The maximum Gasteiger partial charge on any atom is 0.252 e. The first-order chi connectivity index (χ1) is 15.2.